The Morgan fingerprint density at radius 3 is 1.33 bits per heavy atom. The lowest BCUT2D eigenvalue weighted by Gasteiger charge is -2.25. The number of nitriles is 4. The van der Waals surface area contributed by atoms with Crippen molar-refractivity contribution in [3.05, 3.63) is 129 Å². The van der Waals surface area contributed by atoms with Crippen LogP contribution in [0.15, 0.2) is 88.5 Å². The number of rotatable bonds is 5. The first-order valence-corrected chi connectivity index (χ1v) is 14.1. The first kappa shape index (κ1) is 28.3. The molecule has 0 bridgehead atoms. The molecule has 204 valence electrons. The molecule has 43 heavy (non-hydrogen) atoms. The van der Waals surface area contributed by atoms with Crippen LogP contribution >= 0.6 is 22.7 Å². The summed E-state index contributed by atoms with van der Waals surface area (Å²) in [5, 5.41) is 36.4. The third kappa shape index (κ3) is 6.10. The summed E-state index contributed by atoms with van der Waals surface area (Å²) in [6.07, 6.45) is 3.40. The molecule has 0 aliphatic heterocycles. The smallest absolute Gasteiger partial charge is 0.266 e. The number of nitrogens with zero attached hydrogens (tertiary/aromatic N) is 5. The predicted molar refractivity (Wildman–Crippen MR) is 166 cm³/mol. The van der Waals surface area contributed by atoms with E-state index in [1.165, 1.54) is 0 Å². The summed E-state index contributed by atoms with van der Waals surface area (Å²) < 4.78 is 1.21. The van der Waals surface area contributed by atoms with Crippen LogP contribution in [0.2, 0.25) is 0 Å². The Hall–Kier alpha value is -6.24. The SMILES string of the molecule is N#CC(C#N)=c1[nH]c(=O)/c(=C\c2ccc(N(c3ccccc3)c3ccc(/C=c4/sc(=C(C#N)C#N)[nH]c4=O)cc3)cc2)s1. The topological polar surface area (TPSA) is 164 Å². The molecule has 0 unspecified atom stereocenters. The van der Waals surface area contributed by atoms with Gasteiger partial charge in [-0.3, -0.25) is 9.59 Å². The minimum Gasteiger partial charge on any atom is -0.311 e. The minimum atomic E-state index is -0.371. The fourth-order valence-corrected chi connectivity index (χ4v) is 5.92. The molecule has 0 radical (unpaired) electrons. The van der Waals surface area contributed by atoms with Crippen LogP contribution in [0.3, 0.4) is 0 Å². The highest BCUT2D eigenvalue weighted by Gasteiger charge is 2.12. The standard InChI is InChI=1S/C32H17N7O2S2/c33-16-22(17-34)31-37-29(40)27(42-31)14-20-6-10-25(11-7-20)39(24-4-2-1-3-5-24)26-12-8-21(9-13-26)15-28-30(41)38-32(43-28)23(18-35)19-36/h1-15H,(H,37,40)(H,38,41)/b27-14+,28-15+. The Balaban J connectivity index is 1.52. The van der Waals surface area contributed by atoms with E-state index >= 15 is 0 Å². The van der Waals surface area contributed by atoms with Crippen molar-refractivity contribution in [2.45, 2.75) is 0 Å². The van der Waals surface area contributed by atoms with Crippen molar-refractivity contribution in [2.75, 3.05) is 4.90 Å². The van der Waals surface area contributed by atoms with Crippen molar-refractivity contribution < 1.29 is 0 Å². The average molecular weight is 596 g/mol. The van der Waals surface area contributed by atoms with E-state index in [2.05, 4.69) is 14.9 Å². The fraction of sp³-hybridized carbons (Fsp3) is 0. The Morgan fingerprint density at radius 2 is 0.953 bits per heavy atom. The zero-order valence-electron chi connectivity index (χ0n) is 22.0. The molecule has 0 saturated heterocycles. The number of hydrogen-bond acceptors (Lipinski definition) is 9. The summed E-state index contributed by atoms with van der Waals surface area (Å²) in [7, 11) is 0. The van der Waals surface area contributed by atoms with Crippen molar-refractivity contribution in [1.82, 2.24) is 9.97 Å². The second-order valence-electron chi connectivity index (χ2n) is 8.84. The van der Waals surface area contributed by atoms with Crippen molar-refractivity contribution in [3.8, 4) is 24.3 Å². The second-order valence-corrected chi connectivity index (χ2v) is 10.9. The van der Waals surface area contributed by atoms with E-state index in [4.69, 9.17) is 21.0 Å². The van der Waals surface area contributed by atoms with Crippen molar-refractivity contribution in [3.63, 3.8) is 0 Å². The first-order valence-electron chi connectivity index (χ1n) is 12.5. The molecule has 0 atom stereocenters. The van der Waals surface area contributed by atoms with Crippen molar-refractivity contribution >= 4 is 63.0 Å². The maximum Gasteiger partial charge on any atom is 0.266 e. The lowest BCUT2D eigenvalue weighted by atomic mass is 10.1. The summed E-state index contributed by atoms with van der Waals surface area (Å²) in [6, 6.07) is 32.1. The maximum atomic E-state index is 12.4. The third-order valence-corrected chi connectivity index (χ3v) is 8.21. The van der Waals surface area contributed by atoms with E-state index < -0.39 is 0 Å². The van der Waals surface area contributed by atoms with Gasteiger partial charge in [0.2, 0.25) is 0 Å². The maximum absolute atomic E-state index is 12.4. The Kier molecular flexibility index (Phi) is 8.23. The van der Waals surface area contributed by atoms with Crippen LogP contribution in [0.4, 0.5) is 17.1 Å². The van der Waals surface area contributed by atoms with E-state index in [-0.39, 0.29) is 31.6 Å². The summed E-state index contributed by atoms with van der Waals surface area (Å²) >= 11 is 2.11. The molecule has 2 heterocycles. The van der Waals surface area contributed by atoms with Crippen LogP contribution in [0.25, 0.3) is 23.3 Å². The number of anilines is 3. The first-order chi connectivity index (χ1) is 20.9. The number of thiazole rings is 2. The van der Waals surface area contributed by atoms with Gasteiger partial charge in [-0.25, -0.2) is 0 Å². The average Bonchev–Trinajstić information content (AvgIpc) is 3.57. The van der Waals surface area contributed by atoms with Gasteiger partial charge >= 0.3 is 0 Å². The zero-order valence-corrected chi connectivity index (χ0v) is 23.7. The van der Waals surface area contributed by atoms with Gasteiger partial charge in [0, 0.05) is 17.1 Å². The van der Waals surface area contributed by atoms with Crippen LogP contribution in [-0.2, 0) is 0 Å². The Morgan fingerprint density at radius 1 is 0.581 bits per heavy atom. The van der Waals surface area contributed by atoms with Gasteiger partial charge in [0.1, 0.15) is 33.6 Å². The molecule has 0 saturated carbocycles. The van der Waals surface area contributed by atoms with Gasteiger partial charge < -0.3 is 14.9 Å². The Labute approximate surface area is 251 Å². The number of para-hydroxylation sites is 1. The molecule has 5 rings (SSSR count). The van der Waals surface area contributed by atoms with E-state index in [0.717, 1.165) is 50.9 Å². The van der Waals surface area contributed by atoms with Crippen LogP contribution < -0.4 is 34.4 Å². The number of hydrogen-bond donors (Lipinski definition) is 2. The number of nitrogens with one attached hydrogen (secondary N) is 2. The molecular formula is C32H17N7O2S2. The van der Waals surface area contributed by atoms with E-state index in [9.17, 15) is 9.59 Å². The van der Waals surface area contributed by atoms with Gasteiger partial charge in [-0.2, -0.15) is 21.0 Å². The molecule has 3 aromatic carbocycles. The normalized spacial score (nSPS) is 11.2. The highest BCUT2D eigenvalue weighted by atomic mass is 32.1. The van der Waals surface area contributed by atoms with E-state index in [0.29, 0.717) is 9.06 Å². The van der Waals surface area contributed by atoms with Crippen LogP contribution in [0, 0.1) is 45.3 Å². The molecular weight excluding hydrogens is 579 g/mol. The highest BCUT2D eigenvalue weighted by Crippen LogP contribution is 2.34. The number of benzene rings is 3. The molecule has 0 spiro atoms. The van der Waals surface area contributed by atoms with Gasteiger partial charge in [0.05, 0.1) is 9.06 Å². The molecule has 0 amide bonds. The minimum absolute atomic E-state index is 0.142. The van der Waals surface area contributed by atoms with Gasteiger partial charge in [0.15, 0.2) is 11.1 Å². The molecule has 2 N–H and O–H groups in total. The lowest BCUT2D eigenvalue weighted by molar-refractivity contribution is 1.25. The Bertz CT molecular complexity index is 2190. The van der Waals surface area contributed by atoms with E-state index in [1.54, 1.807) is 36.4 Å². The number of H-pyrrole nitrogens is 2. The van der Waals surface area contributed by atoms with Crippen molar-refractivity contribution in [1.29, 1.82) is 21.0 Å². The van der Waals surface area contributed by atoms with Crippen LogP contribution in [0.1, 0.15) is 11.1 Å². The van der Waals surface area contributed by atoms with Crippen LogP contribution in [0.5, 0.6) is 0 Å². The van der Waals surface area contributed by atoms with Gasteiger partial charge in [0.25, 0.3) is 11.1 Å². The number of aromatic nitrogens is 2. The summed E-state index contributed by atoms with van der Waals surface area (Å²) in [6.45, 7) is 0. The summed E-state index contributed by atoms with van der Waals surface area (Å²) in [4.78, 5) is 32.0. The molecule has 9 nitrogen and oxygen atoms in total. The second kappa shape index (κ2) is 12.5. The zero-order chi connectivity index (χ0) is 30.3. The summed E-state index contributed by atoms with van der Waals surface area (Å²) in [5.41, 5.74) is 3.15. The lowest BCUT2D eigenvalue weighted by Crippen LogP contribution is -2.20. The molecule has 2 aromatic heterocycles. The quantitative estimate of drug-likeness (QED) is 0.315. The van der Waals surface area contributed by atoms with Crippen molar-refractivity contribution in [2.24, 2.45) is 0 Å². The largest absolute Gasteiger partial charge is 0.311 e. The fourth-order valence-electron chi connectivity index (χ4n) is 4.13. The molecule has 0 aliphatic rings. The van der Waals surface area contributed by atoms with Gasteiger partial charge in [-0.05, 0) is 59.7 Å². The predicted octanol–water partition coefficient (Wildman–Crippen LogP) is 2.71. The molecule has 0 fully saturated rings. The van der Waals surface area contributed by atoms with Gasteiger partial charge in [-0.15, -0.1) is 22.7 Å². The molecule has 0 aliphatic carbocycles. The van der Waals surface area contributed by atoms with E-state index in [1.807, 2.05) is 78.9 Å². The van der Waals surface area contributed by atoms with Gasteiger partial charge in [-0.1, -0.05) is 42.5 Å². The number of aromatic amines is 2. The third-order valence-electron chi connectivity index (χ3n) is 6.14. The highest BCUT2D eigenvalue weighted by molar-refractivity contribution is 7.07. The molecule has 5 aromatic rings. The van der Waals surface area contributed by atoms with Crippen LogP contribution in [-0.4, -0.2) is 9.97 Å². The molecule has 11 heteroatoms. The summed E-state index contributed by atoms with van der Waals surface area (Å²) in [5.74, 6) is 0. The monoisotopic (exact) mass is 595 g/mol.